The van der Waals surface area contributed by atoms with E-state index < -0.39 is 27.5 Å². The molecule has 0 atom stereocenters. The Morgan fingerprint density at radius 1 is 1.05 bits per heavy atom. The quantitative estimate of drug-likeness (QED) is 0.901. The average molecular weight is 311 g/mol. The van der Waals surface area contributed by atoms with Crippen molar-refractivity contribution in [3.8, 4) is 0 Å². The zero-order chi connectivity index (χ0) is 15.5. The molecule has 1 heterocycles. The van der Waals surface area contributed by atoms with E-state index in [4.69, 9.17) is 5.11 Å². The van der Waals surface area contributed by atoms with E-state index in [9.17, 15) is 18.0 Å². The zero-order valence-corrected chi connectivity index (χ0v) is 12.3. The Morgan fingerprint density at radius 3 is 2.14 bits per heavy atom. The maximum Gasteiger partial charge on any atom is 0.335 e. The van der Waals surface area contributed by atoms with Gasteiger partial charge in [-0.1, -0.05) is 0 Å². The molecule has 1 N–H and O–H groups in total. The molecule has 1 aromatic carbocycles. The zero-order valence-electron chi connectivity index (χ0n) is 11.5. The highest BCUT2D eigenvalue weighted by Gasteiger charge is 2.24. The first-order chi connectivity index (χ1) is 9.90. The van der Waals surface area contributed by atoms with E-state index in [2.05, 4.69) is 0 Å². The number of carboxylic acid groups (broad SMARTS) is 1. The van der Waals surface area contributed by atoms with Crippen LogP contribution < -0.4 is 0 Å². The molecule has 0 saturated carbocycles. The minimum atomic E-state index is -3.74. The second-order valence-electron chi connectivity index (χ2n) is 5.03. The van der Waals surface area contributed by atoms with Crippen LogP contribution in [0.15, 0.2) is 29.2 Å². The number of piperidine rings is 1. The van der Waals surface area contributed by atoms with Crippen molar-refractivity contribution in [1.29, 1.82) is 0 Å². The van der Waals surface area contributed by atoms with Gasteiger partial charge < -0.3 is 10.0 Å². The number of amides is 1. The summed E-state index contributed by atoms with van der Waals surface area (Å²) in [6.07, 6.45) is 2.87. The van der Waals surface area contributed by atoms with Gasteiger partial charge in [0, 0.05) is 13.1 Å². The van der Waals surface area contributed by atoms with Gasteiger partial charge in [-0.2, -0.15) is 0 Å². The number of carboxylic acids is 1. The Hall–Kier alpha value is -1.89. The van der Waals surface area contributed by atoms with Crippen LogP contribution in [-0.4, -0.2) is 49.1 Å². The second kappa shape index (κ2) is 6.26. The third kappa shape index (κ3) is 3.81. The molecule has 1 aromatic rings. The molecule has 1 saturated heterocycles. The number of sulfone groups is 1. The minimum Gasteiger partial charge on any atom is -0.478 e. The summed E-state index contributed by atoms with van der Waals surface area (Å²) in [5, 5.41) is 8.78. The van der Waals surface area contributed by atoms with Gasteiger partial charge in [-0.05, 0) is 43.5 Å². The monoisotopic (exact) mass is 311 g/mol. The highest BCUT2D eigenvalue weighted by Crippen LogP contribution is 2.15. The van der Waals surface area contributed by atoms with Crippen LogP contribution in [0.4, 0.5) is 0 Å². The molecule has 0 aromatic heterocycles. The lowest BCUT2D eigenvalue weighted by molar-refractivity contribution is -0.129. The van der Waals surface area contributed by atoms with Crippen molar-refractivity contribution in [1.82, 2.24) is 4.90 Å². The third-order valence-corrected chi connectivity index (χ3v) is 5.10. The van der Waals surface area contributed by atoms with E-state index in [1.54, 1.807) is 4.90 Å². The average Bonchev–Trinajstić information content (AvgIpc) is 2.48. The lowest BCUT2D eigenvalue weighted by Crippen LogP contribution is -2.39. The van der Waals surface area contributed by atoms with Gasteiger partial charge >= 0.3 is 5.97 Å². The molecule has 2 rings (SSSR count). The number of carbonyl (C=O) groups excluding carboxylic acids is 1. The van der Waals surface area contributed by atoms with Crippen molar-refractivity contribution in [2.24, 2.45) is 0 Å². The largest absolute Gasteiger partial charge is 0.478 e. The summed E-state index contributed by atoms with van der Waals surface area (Å²) in [6, 6.07) is 4.89. The molecule has 0 spiro atoms. The molecule has 114 valence electrons. The predicted octanol–water partition coefficient (Wildman–Crippen LogP) is 1.17. The molecule has 1 amide bonds. The first-order valence-corrected chi connectivity index (χ1v) is 8.39. The minimum absolute atomic E-state index is 0.0105. The Labute approximate surface area is 123 Å². The molecule has 6 nitrogen and oxygen atoms in total. The summed E-state index contributed by atoms with van der Waals surface area (Å²) >= 11 is 0. The SMILES string of the molecule is O=C(O)c1ccc(S(=O)(=O)CC(=O)N2CCCCC2)cc1. The van der Waals surface area contributed by atoms with Crippen LogP contribution in [0.25, 0.3) is 0 Å². The lowest BCUT2D eigenvalue weighted by Gasteiger charge is -2.26. The van der Waals surface area contributed by atoms with E-state index in [1.165, 1.54) is 24.3 Å². The maximum atomic E-state index is 12.2. The molecule has 1 aliphatic rings. The highest BCUT2D eigenvalue weighted by molar-refractivity contribution is 7.92. The molecular weight excluding hydrogens is 294 g/mol. The Morgan fingerprint density at radius 2 is 1.62 bits per heavy atom. The standard InChI is InChI=1S/C14H17NO5S/c16-13(15-8-2-1-3-9-15)10-21(19,20)12-6-4-11(5-7-12)14(17)18/h4-7H,1-3,8-10H2,(H,17,18). The Kier molecular flexibility index (Phi) is 4.62. The molecular formula is C14H17NO5S. The van der Waals surface area contributed by atoms with E-state index in [0.717, 1.165) is 19.3 Å². The van der Waals surface area contributed by atoms with E-state index in [1.807, 2.05) is 0 Å². The summed E-state index contributed by atoms with van der Waals surface area (Å²) in [7, 11) is -3.74. The van der Waals surface area contributed by atoms with Crippen molar-refractivity contribution in [2.45, 2.75) is 24.2 Å². The number of rotatable bonds is 4. The fourth-order valence-electron chi connectivity index (χ4n) is 2.29. The Balaban J connectivity index is 2.10. The molecule has 0 unspecified atom stereocenters. The lowest BCUT2D eigenvalue weighted by atomic mass is 10.1. The summed E-state index contributed by atoms with van der Waals surface area (Å²) in [6.45, 7) is 1.21. The van der Waals surface area contributed by atoms with Gasteiger partial charge in [-0.25, -0.2) is 13.2 Å². The summed E-state index contributed by atoms with van der Waals surface area (Å²) < 4.78 is 24.3. The number of nitrogens with zero attached hydrogens (tertiary/aromatic N) is 1. The van der Waals surface area contributed by atoms with Crippen LogP contribution in [0.5, 0.6) is 0 Å². The maximum absolute atomic E-state index is 12.2. The second-order valence-corrected chi connectivity index (χ2v) is 7.02. The molecule has 21 heavy (non-hydrogen) atoms. The van der Waals surface area contributed by atoms with Gasteiger partial charge in [0.15, 0.2) is 9.84 Å². The molecule has 0 aliphatic carbocycles. The van der Waals surface area contributed by atoms with Gasteiger partial charge in [-0.3, -0.25) is 4.79 Å². The van der Waals surface area contributed by atoms with Crippen molar-refractivity contribution in [3.05, 3.63) is 29.8 Å². The van der Waals surface area contributed by atoms with Gasteiger partial charge in [-0.15, -0.1) is 0 Å². The van der Waals surface area contributed by atoms with Gasteiger partial charge in [0.25, 0.3) is 0 Å². The number of benzene rings is 1. The molecule has 7 heteroatoms. The van der Waals surface area contributed by atoms with Crippen LogP contribution in [0.1, 0.15) is 29.6 Å². The van der Waals surface area contributed by atoms with E-state index in [0.29, 0.717) is 13.1 Å². The fourth-order valence-corrected chi connectivity index (χ4v) is 3.51. The summed E-state index contributed by atoms with van der Waals surface area (Å²) in [5.74, 6) is -2.08. The van der Waals surface area contributed by atoms with Gasteiger partial charge in [0.05, 0.1) is 10.5 Å². The molecule has 0 bridgehead atoms. The van der Waals surface area contributed by atoms with Gasteiger partial charge in [0.1, 0.15) is 5.75 Å². The highest BCUT2D eigenvalue weighted by atomic mass is 32.2. The normalized spacial score (nSPS) is 15.7. The van der Waals surface area contributed by atoms with E-state index in [-0.39, 0.29) is 10.5 Å². The Bertz CT molecular complexity index is 630. The van der Waals surface area contributed by atoms with Crippen LogP contribution >= 0.6 is 0 Å². The number of carbonyl (C=O) groups is 2. The van der Waals surface area contributed by atoms with Crippen molar-refractivity contribution >= 4 is 21.7 Å². The molecule has 1 aliphatic heterocycles. The third-order valence-electron chi connectivity index (χ3n) is 3.48. The van der Waals surface area contributed by atoms with Crippen molar-refractivity contribution in [2.75, 3.05) is 18.8 Å². The van der Waals surface area contributed by atoms with Crippen LogP contribution in [0.2, 0.25) is 0 Å². The molecule has 1 fully saturated rings. The number of hydrogen-bond acceptors (Lipinski definition) is 4. The number of aromatic carboxylic acids is 1. The van der Waals surface area contributed by atoms with Crippen LogP contribution in [0, 0.1) is 0 Å². The topological polar surface area (TPSA) is 91.7 Å². The number of hydrogen-bond donors (Lipinski definition) is 1. The van der Waals surface area contributed by atoms with Crippen LogP contribution in [-0.2, 0) is 14.6 Å². The molecule has 0 radical (unpaired) electrons. The summed E-state index contributed by atoms with van der Waals surface area (Å²) in [4.78, 5) is 24.3. The van der Waals surface area contributed by atoms with Crippen molar-refractivity contribution in [3.63, 3.8) is 0 Å². The van der Waals surface area contributed by atoms with Gasteiger partial charge in [0.2, 0.25) is 5.91 Å². The fraction of sp³-hybridized carbons (Fsp3) is 0.429. The van der Waals surface area contributed by atoms with Crippen LogP contribution in [0.3, 0.4) is 0 Å². The summed E-state index contributed by atoms with van der Waals surface area (Å²) in [5.41, 5.74) is 0.0105. The predicted molar refractivity (Wildman–Crippen MR) is 75.9 cm³/mol. The first kappa shape index (κ1) is 15.5. The smallest absolute Gasteiger partial charge is 0.335 e. The van der Waals surface area contributed by atoms with Crippen molar-refractivity contribution < 1.29 is 23.1 Å². The number of likely N-dealkylation sites (tertiary alicyclic amines) is 1. The first-order valence-electron chi connectivity index (χ1n) is 6.74. The van der Waals surface area contributed by atoms with E-state index >= 15 is 0 Å².